The van der Waals surface area contributed by atoms with Crippen molar-refractivity contribution in [3.63, 3.8) is 0 Å². The fraction of sp³-hybridized carbons (Fsp3) is 0.167. The van der Waals surface area contributed by atoms with Crippen LogP contribution < -0.4 is 9.80 Å². The monoisotopic (exact) mass is 384 g/mol. The van der Waals surface area contributed by atoms with Gasteiger partial charge in [-0.3, -0.25) is 14.8 Å². The standard InChI is InChI=1S/C18H11F3N6O/c19-18(20,21)15-8-25-16(9-24-15)26-10-12(5-22)27(17(26)28)14-7-23-6-11-3-1-2-4-13(11)14/h1-4,6-9,12H,10H2/t12-/m0/s1. The molecule has 0 N–H and O–H groups in total. The highest BCUT2D eigenvalue weighted by Crippen LogP contribution is 2.33. The summed E-state index contributed by atoms with van der Waals surface area (Å²) in [4.78, 5) is 26.5. The average Bonchev–Trinajstić information content (AvgIpc) is 3.03. The van der Waals surface area contributed by atoms with Crippen LogP contribution in [0.3, 0.4) is 0 Å². The Hall–Kier alpha value is -3.74. The lowest BCUT2D eigenvalue weighted by atomic mass is 10.1. The van der Waals surface area contributed by atoms with Crippen LogP contribution in [0.15, 0.2) is 49.1 Å². The zero-order chi connectivity index (χ0) is 19.9. The van der Waals surface area contributed by atoms with Gasteiger partial charge in [-0.05, 0) is 0 Å². The first kappa shape index (κ1) is 17.7. The number of benzene rings is 1. The summed E-state index contributed by atoms with van der Waals surface area (Å²) >= 11 is 0. The minimum atomic E-state index is -4.63. The molecule has 3 aromatic rings. The van der Waals surface area contributed by atoms with Gasteiger partial charge in [0.2, 0.25) is 0 Å². The summed E-state index contributed by atoms with van der Waals surface area (Å²) in [5.41, 5.74) is -0.716. The van der Waals surface area contributed by atoms with Crippen LogP contribution in [0.1, 0.15) is 5.69 Å². The number of hydrogen-bond donors (Lipinski definition) is 0. The second-order valence-electron chi connectivity index (χ2n) is 6.05. The van der Waals surface area contributed by atoms with Crippen molar-refractivity contribution in [2.24, 2.45) is 0 Å². The van der Waals surface area contributed by atoms with E-state index in [2.05, 4.69) is 21.0 Å². The van der Waals surface area contributed by atoms with Crippen LogP contribution in [0, 0.1) is 11.3 Å². The number of rotatable bonds is 2. The zero-order valence-corrected chi connectivity index (χ0v) is 14.1. The average molecular weight is 384 g/mol. The van der Waals surface area contributed by atoms with E-state index in [0.717, 1.165) is 21.9 Å². The van der Waals surface area contributed by atoms with Crippen molar-refractivity contribution in [1.29, 1.82) is 5.26 Å². The summed E-state index contributed by atoms with van der Waals surface area (Å²) in [5.74, 6) is -0.0612. The van der Waals surface area contributed by atoms with E-state index in [1.165, 1.54) is 11.1 Å². The summed E-state index contributed by atoms with van der Waals surface area (Å²) in [5, 5.41) is 11.0. The van der Waals surface area contributed by atoms with Crippen LogP contribution in [0.5, 0.6) is 0 Å². The molecule has 0 radical (unpaired) electrons. The van der Waals surface area contributed by atoms with Crippen LogP contribution in [0.2, 0.25) is 0 Å². The molecule has 1 aliphatic heterocycles. The molecule has 1 aromatic carbocycles. The molecule has 2 aromatic heterocycles. The van der Waals surface area contributed by atoms with Crippen molar-refractivity contribution in [2.75, 3.05) is 16.3 Å². The van der Waals surface area contributed by atoms with Gasteiger partial charge >= 0.3 is 12.2 Å². The molecule has 0 unspecified atom stereocenters. The molecular formula is C18H11F3N6O. The Morgan fingerprint density at radius 2 is 1.89 bits per heavy atom. The molecular weight excluding hydrogens is 373 g/mol. The van der Waals surface area contributed by atoms with Gasteiger partial charge in [-0.2, -0.15) is 18.4 Å². The van der Waals surface area contributed by atoms with Gasteiger partial charge in [0.25, 0.3) is 0 Å². The maximum Gasteiger partial charge on any atom is 0.434 e. The largest absolute Gasteiger partial charge is 0.434 e. The molecule has 10 heteroatoms. The Morgan fingerprint density at radius 1 is 1.11 bits per heavy atom. The lowest BCUT2D eigenvalue weighted by Crippen LogP contribution is -2.35. The van der Waals surface area contributed by atoms with Gasteiger partial charge in [-0.15, -0.1) is 0 Å². The molecule has 4 rings (SSSR count). The summed E-state index contributed by atoms with van der Waals surface area (Å²) in [6, 6.07) is 7.86. The number of amides is 2. The third-order valence-electron chi connectivity index (χ3n) is 4.37. The minimum Gasteiger partial charge on any atom is -0.274 e. The summed E-state index contributed by atoms with van der Waals surface area (Å²) < 4.78 is 38.0. The first-order chi connectivity index (χ1) is 13.4. The van der Waals surface area contributed by atoms with Gasteiger partial charge in [0, 0.05) is 17.0 Å². The topological polar surface area (TPSA) is 86.0 Å². The van der Waals surface area contributed by atoms with Gasteiger partial charge in [-0.25, -0.2) is 14.8 Å². The van der Waals surface area contributed by atoms with Gasteiger partial charge in [-0.1, -0.05) is 24.3 Å². The Labute approximate surface area is 156 Å². The summed E-state index contributed by atoms with van der Waals surface area (Å²) in [6.07, 6.45) is -0.0745. The van der Waals surface area contributed by atoms with E-state index in [1.54, 1.807) is 18.3 Å². The second-order valence-corrected chi connectivity index (χ2v) is 6.05. The number of aromatic nitrogens is 3. The SMILES string of the molecule is N#C[C@H]1CN(c2cnc(C(F)(F)F)cn2)C(=O)N1c1cncc2ccccc12. The number of urea groups is 1. The molecule has 1 saturated heterocycles. The van der Waals surface area contributed by atoms with Crippen LogP contribution in [0.4, 0.5) is 29.5 Å². The van der Waals surface area contributed by atoms with E-state index >= 15 is 0 Å². The maximum absolute atomic E-state index is 13.0. The van der Waals surface area contributed by atoms with Crippen molar-refractivity contribution in [3.8, 4) is 6.07 Å². The van der Waals surface area contributed by atoms with E-state index < -0.39 is 23.9 Å². The van der Waals surface area contributed by atoms with E-state index in [-0.39, 0.29) is 12.4 Å². The highest BCUT2D eigenvalue weighted by molar-refractivity contribution is 6.11. The number of hydrogen-bond acceptors (Lipinski definition) is 5. The Bertz CT molecular complexity index is 1090. The summed E-state index contributed by atoms with van der Waals surface area (Å²) in [6.45, 7) is -0.0569. The number of anilines is 2. The number of fused-ring (bicyclic) bond motifs is 1. The van der Waals surface area contributed by atoms with Crippen molar-refractivity contribution >= 4 is 28.3 Å². The highest BCUT2D eigenvalue weighted by atomic mass is 19.4. The number of carbonyl (C=O) groups excluding carboxylic acids is 1. The number of nitriles is 1. The molecule has 1 atom stereocenters. The number of carbonyl (C=O) groups is 1. The minimum absolute atomic E-state index is 0.0569. The van der Waals surface area contributed by atoms with Crippen molar-refractivity contribution in [1.82, 2.24) is 15.0 Å². The number of alkyl halides is 3. The maximum atomic E-state index is 13.0. The molecule has 1 aliphatic rings. The molecule has 7 nitrogen and oxygen atoms in total. The van der Waals surface area contributed by atoms with E-state index in [1.807, 2.05) is 12.1 Å². The van der Waals surface area contributed by atoms with Crippen molar-refractivity contribution in [3.05, 3.63) is 54.7 Å². The molecule has 0 aliphatic carbocycles. The zero-order valence-electron chi connectivity index (χ0n) is 14.1. The predicted octanol–water partition coefficient (Wildman–Crippen LogP) is 3.38. The van der Waals surface area contributed by atoms with E-state index in [0.29, 0.717) is 11.9 Å². The van der Waals surface area contributed by atoms with E-state index in [4.69, 9.17) is 0 Å². The first-order valence-corrected chi connectivity index (χ1v) is 8.12. The lowest BCUT2D eigenvalue weighted by Gasteiger charge is -2.20. The molecule has 0 spiro atoms. The van der Waals surface area contributed by atoms with Crippen LogP contribution in [0.25, 0.3) is 10.8 Å². The Balaban J connectivity index is 1.73. The smallest absolute Gasteiger partial charge is 0.274 e. The normalized spacial score (nSPS) is 17.2. The second kappa shape index (κ2) is 6.45. The number of nitrogens with zero attached hydrogens (tertiary/aromatic N) is 6. The van der Waals surface area contributed by atoms with Gasteiger partial charge in [0.15, 0.2) is 11.5 Å². The molecule has 140 valence electrons. The summed E-state index contributed by atoms with van der Waals surface area (Å²) in [7, 11) is 0. The third-order valence-corrected chi connectivity index (χ3v) is 4.37. The fourth-order valence-corrected chi connectivity index (χ4v) is 3.06. The van der Waals surface area contributed by atoms with Crippen LogP contribution in [-0.2, 0) is 6.18 Å². The Kier molecular flexibility index (Phi) is 4.07. The van der Waals surface area contributed by atoms with Crippen LogP contribution in [-0.4, -0.2) is 33.6 Å². The predicted molar refractivity (Wildman–Crippen MR) is 93.4 cm³/mol. The Morgan fingerprint density at radius 3 is 2.57 bits per heavy atom. The molecule has 3 heterocycles. The molecule has 0 saturated carbocycles. The van der Waals surface area contributed by atoms with Gasteiger partial charge in [0.05, 0.1) is 36.9 Å². The molecule has 28 heavy (non-hydrogen) atoms. The number of halogens is 3. The first-order valence-electron chi connectivity index (χ1n) is 8.12. The molecule has 2 amide bonds. The van der Waals surface area contributed by atoms with Gasteiger partial charge < -0.3 is 0 Å². The quantitative estimate of drug-likeness (QED) is 0.676. The van der Waals surface area contributed by atoms with E-state index in [9.17, 15) is 23.2 Å². The van der Waals surface area contributed by atoms with Crippen LogP contribution >= 0.6 is 0 Å². The number of pyridine rings is 1. The third kappa shape index (κ3) is 2.87. The molecule has 0 bridgehead atoms. The fourth-order valence-electron chi connectivity index (χ4n) is 3.06. The highest BCUT2D eigenvalue weighted by Gasteiger charge is 2.41. The molecule has 1 fully saturated rings. The van der Waals surface area contributed by atoms with Crippen molar-refractivity contribution < 1.29 is 18.0 Å². The van der Waals surface area contributed by atoms with Gasteiger partial charge in [0.1, 0.15) is 6.04 Å². The van der Waals surface area contributed by atoms with Crippen molar-refractivity contribution in [2.45, 2.75) is 12.2 Å². The lowest BCUT2D eigenvalue weighted by molar-refractivity contribution is -0.141.